The molecular formula is C33H38N4O6S. The molecule has 1 saturated heterocycles. The summed E-state index contributed by atoms with van der Waals surface area (Å²) >= 11 is 0. The number of rotatable bonds is 10. The predicted molar refractivity (Wildman–Crippen MR) is 167 cm³/mol. The van der Waals surface area contributed by atoms with Gasteiger partial charge in [-0.25, -0.2) is 18.0 Å². The number of amides is 2. The van der Waals surface area contributed by atoms with Crippen LogP contribution in [0.15, 0.2) is 101 Å². The third-order valence-electron chi connectivity index (χ3n) is 7.72. The van der Waals surface area contributed by atoms with Gasteiger partial charge in [-0.15, -0.1) is 0 Å². The Hall–Kier alpha value is -4.19. The Bertz CT molecular complexity index is 1600. The third-order valence-corrected chi connectivity index (χ3v) is 9.63. The Kier molecular flexibility index (Phi) is 9.99. The monoisotopic (exact) mass is 618 g/mol. The maximum Gasteiger partial charge on any atom is 0.338 e. The average Bonchev–Trinajstić information content (AvgIpc) is 3.28. The number of benzene rings is 3. The van der Waals surface area contributed by atoms with Crippen LogP contribution in [0.4, 0.5) is 4.79 Å². The van der Waals surface area contributed by atoms with Crippen LogP contribution >= 0.6 is 0 Å². The molecule has 3 aromatic rings. The van der Waals surface area contributed by atoms with E-state index in [4.69, 9.17) is 9.47 Å². The van der Waals surface area contributed by atoms with Crippen molar-refractivity contribution in [2.45, 2.75) is 31.2 Å². The molecule has 1 N–H and O–H groups in total. The van der Waals surface area contributed by atoms with Gasteiger partial charge in [-0.1, -0.05) is 48.5 Å². The number of para-hydroxylation sites is 1. The standard InChI is InChI=1S/C33H38N4O6S/c1-3-37-29(24-35-19-12-20-36(22-21-35)44(40,41)28-17-9-6-10-18-28)30(32(38)42-4-2)31(34-33(37)39)25-13-11-16-27(23-25)43-26-14-7-5-8-15-26/h5-11,13-18,23,31H,3-4,12,19-22,24H2,1-2H3,(H,34,39)/t31-/m1/s1. The van der Waals surface area contributed by atoms with Crippen LogP contribution in [0, 0.1) is 0 Å². The van der Waals surface area contributed by atoms with Gasteiger partial charge in [0.1, 0.15) is 11.5 Å². The second-order valence-electron chi connectivity index (χ2n) is 10.5. The van der Waals surface area contributed by atoms with E-state index in [-0.39, 0.29) is 24.1 Å². The number of esters is 1. The van der Waals surface area contributed by atoms with Crippen molar-refractivity contribution >= 4 is 22.0 Å². The minimum atomic E-state index is -3.64. The Morgan fingerprint density at radius 3 is 2.30 bits per heavy atom. The highest BCUT2D eigenvalue weighted by Gasteiger charge is 2.39. The number of hydrogen-bond donors (Lipinski definition) is 1. The van der Waals surface area contributed by atoms with Gasteiger partial charge in [0.05, 0.1) is 23.1 Å². The molecule has 2 aliphatic heterocycles. The van der Waals surface area contributed by atoms with Gasteiger partial charge < -0.3 is 14.8 Å². The van der Waals surface area contributed by atoms with E-state index >= 15 is 0 Å². The number of likely N-dealkylation sites (N-methyl/N-ethyl adjacent to an activating group) is 1. The van der Waals surface area contributed by atoms with Gasteiger partial charge >= 0.3 is 12.0 Å². The molecule has 5 rings (SSSR count). The Morgan fingerprint density at radius 1 is 0.886 bits per heavy atom. The first-order valence-corrected chi connectivity index (χ1v) is 16.3. The lowest BCUT2D eigenvalue weighted by Crippen LogP contribution is -2.51. The van der Waals surface area contributed by atoms with Gasteiger partial charge in [0, 0.05) is 38.4 Å². The number of sulfonamides is 1. The van der Waals surface area contributed by atoms with E-state index in [1.54, 1.807) is 42.2 Å². The van der Waals surface area contributed by atoms with E-state index < -0.39 is 22.0 Å². The van der Waals surface area contributed by atoms with Crippen molar-refractivity contribution < 1.29 is 27.5 Å². The van der Waals surface area contributed by atoms with Crippen LogP contribution in [-0.2, 0) is 19.6 Å². The first-order chi connectivity index (χ1) is 21.3. The minimum absolute atomic E-state index is 0.176. The molecule has 1 atom stereocenters. The summed E-state index contributed by atoms with van der Waals surface area (Å²) in [5.41, 5.74) is 1.58. The van der Waals surface area contributed by atoms with E-state index in [9.17, 15) is 18.0 Å². The second-order valence-corrected chi connectivity index (χ2v) is 12.5. The number of hydrogen-bond acceptors (Lipinski definition) is 7. The van der Waals surface area contributed by atoms with Crippen molar-refractivity contribution in [1.29, 1.82) is 0 Å². The van der Waals surface area contributed by atoms with E-state index in [2.05, 4.69) is 10.2 Å². The smallest absolute Gasteiger partial charge is 0.338 e. The van der Waals surface area contributed by atoms with Gasteiger partial charge in [0.2, 0.25) is 10.0 Å². The van der Waals surface area contributed by atoms with Crippen LogP contribution in [0.25, 0.3) is 0 Å². The maximum atomic E-state index is 13.6. The second kappa shape index (κ2) is 14.1. The molecule has 232 valence electrons. The maximum absolute atomic E-state index is 13.6. The number of carbonyl (C=O) groups excluding carboxylic acids is 2. The molecule has 11 heteroatoms. The van der Waals surface area contributed by atoms with Crippen LogP contribution in [0.1, 0.15) is 31.9 Å². The van der Waals surface area contributed by atoms with Gasteiger partial charge in [0.15, 0.2) is 0 Å². The number of ether oxygens (including phenoxy) is 2. The molecule has 0 bridgehead atoms. The zero-order valence-corrected chi connectivity index (χ0v) is 25.8. The molecule has 44 heavy (non-hydrogen) atoms. The molecule has 0 aliphatic carbocycles. The number of carbonyl (C=O) groups is 2. The Labute approximate surface area is 258 Å². The minimum Gasteiger partial charge on any atom is -0.463 e. The van der Waals surface area contributed by atoms with Crippen molar-refractivity contribution in [3.8, 4) is 11.5 Å². The molecule has 0 radical (unpaired) electrons. The van der Waals surface area contributed by atoms with Gasteiger partial charge in [-0.3, -0.25) is 9.80 Å². The molecule has 1 fully saturated rings. The highest BCUT2D eigenvalue weighted by atomic mass is 32.2. The van der Waals surface area contributed by atoms with E-state index in [0.717, 1.165) is 0 Å². The zero-order chi connectivity index (χ0) is 31.1. The average molecular weight is 619 g/mol. The molecule has 2 aliphatic rings. The largest absolute Gasteiger partial charge is 0.463 e. The molecule has 2 heterocycles. The van der Waals surface area contributed by atoms with E-state index in [1.807, 2.05) is 61.5 Å². The summed E-state index contributed by atoms with van der Waals surface area (Å²) in [7, 11) is -3.64. The summed E-state index contributed by atoms with van der Waals surface area (Å²) in [6.07, 6.45) is 0.606. The topological polar surface area (TPSA) is 108 Å². The van der Waals surface area contributed by atoms with Crippen molar-refractivity contribution in [2.75, 3.05) is 45.9 Å². The number of nitrogens with zero attached hydrogens (tertiary/aromatic N) is 3. The van der Waals surface area contributed by atoms with Crippen molar-refractivity contribution in [3.05, 3.63) is 102 Å². The summed E-state index contributed by atoms with van der Waals surface area (Å²) in [6, 6.07) is 24.0. The third kappa shape index (κ3) is 6.96. The summed E-state index contributed by atoms with van der Waals surface area (Å²) in [5.74, 6) is 0.724. The molecule has 3 aromatic carbocycles. The summed E-state index contributed by atoms with van der Waals surface area (Å²) in [6.45, 7) is 6.12. The summed E-state index contributed by atoms with van der Waals surface area (Å²) in [4.78, 5) is 31.0. The van der Waals surface area contributed by atoms with Crippen molar-refractivity contribution in [3.63, 3.8) is 0 Å². The molecule has 0 saturated carbocycles. The number of nitrogens with one attached hydrogen (secondary N) is 1. The number of urea groups is 1. The van der Waals surface area contributed by atoms with Crippen LogP contribution in [-0.4, -0.2) is 80.4 Å². The first kappa shape index (κ1) is 31.2. The fourth-order valence-corrected chi connectivity index (χ4v) is 7.08. The van der Waals surface area contributed by atoms with Gasteiger partial charge in [-0.2, -0.15) is 4.31 Å². The van der Waals surface area contributed by atoms with Crippen LogP contribution in [0.5, 0.6) is 11.5 Å². The molecule has 0 aromatic heterocycles. The summed E-state index contributed by atoms with van der Waals surface area (Å²) < 4.78 is 39.7. The predicted octanol–water partition coefficient (Wildman–Crippen LogP) is 4.78. The highest BCUT2D eigenvalue weighted by molar-refractivity contribution is 7.89. The van der Waals surface area contributed by atoms with Crippen LogP contribution < -0.4 is 10.1 Å². The van der Waals surface area contributed by atoms with Gasteiger partial charge in [-0.05, 0) is 68.8 Å². The molecule has 2 amide bonds. The lowest BCUT2D eigenvalue weighted by molar-refractivity contribution is -0.139. The SMILES string of the molecule is CCOC(=O)C1=C(CN2CCCN(S(=O)(=O)c3ccccc3)CC2)N(CC)C(=O)N[C@@H]1c1cccc(Oc2ccccc2)c1. The Balaban J connectivity index is 1.45. The van der Waals surface area contributed by atoms with Crippen LogP contribution in [0.2, 0.25) is 0 Å². The first-order valence-electron chi connectivity index (χ1n) is 14.9. The van der Waals surface area contributed by atoms with E-state index in [0.29, 0.717) is 67.5 Å². The van der Waals surface area contributed by atoms with Crippen LogP contribution in [0.3, 0.4) is 0 Å². The lowest BCUT2D eigenvalue weighted by Gasteiger charge is -2.38. The van der Waals surface area contributed by atoms with Gasteiger partial charge in [0.25, 0.3) is 0 Å². The normalized spacial score (nSPS) is 18.5. The Morgan fingerprint density at radius 2 is 1.59 bits per heavy atom. The fraction of sp³-hybridized carbons (Fsp3) is 0.333. The summed E-state index contributed by atoms with van der Waals surface area (Å²) in [5, 5.41) is 3.01. The van der Waals surface area contributed by atoms with Crippen molar-refractivity contribution in [1.82, 2.24) is 19.4 Å². The zero-order valence-electron chi connectivity index (χ0n) is 25.0. The highest BCUT2D eigenvalue weighted by Crippen LogP contribution is 2.34. The van der Waals surface area contributed by atoms with Crippen molar-refractivity contribution in [2.24, 2.45) is 0 Å². The van der Waals surface area contributed by atoms with E-state index in [1.165, 1.54) is 4.31 Å². The molecule has 0 spiro atoms. The molecule has 0 unspecified atom stereocenters. The molecular weight excluding hydrogens is 580 g/mol. The quantitative estimate of drug-likeness (QED) is 0.326. The lowest BCUT2D eigenvalue weighted by atomic mass is 9.94. The fourth-order valence-electron chi connectivity index (χ4n) is 5.59. The molecule has 10 nitrogen and oxygen atoms in total.